The SMILES string of the molecule is N=C(/C=C(\c1ccccc1)c1cccc(-c2cccnc2)c1)c1ccc(-c2ccc3ccccc3c2)cc1. The molecule has 0 amide bonds. The van der Waals surface area contributed by atoms with E-state index in [2.05, 4.69) is 102 Å². The van der Waals surface area contributed by atoms with E-state index in [-0.39, 0.29) is 0 Å². The molecular weight excluding hydrogens is 460 g/mol. The maximum atomic E-state index is 8.97. The highest BCUT2D eigenvalue weighted by Gasteiger charge is 2.10. The number of pyridine rings is 1. The van der Waals surface area contributed by atoms with E-state index in [0.29, 0.717) is 5.71 Å². The van der Waals surface area contributed by atoms with Crippen molar-refractivity contribution in [1.29, 1.82) is 5.41 Å². The molecule has 0 saturated heterocycles. The maximum absolute atomic E-state index is 8.97. The molecule has 0 unspecified atom stereocenters. The molecule has 0 bridgehead atoms. The Morgan fingerprint density at radius 2 is 1.18 bits per heavy atom. The van der Waals surface area contributed by atoms with E-state index in [1.165, 1.54) is 16.3 Å². The maximum Gasteiger partial charge on any atom is 0.0618 e. The van der Waals surface area contributed by atoms with E-state index in [9.17, 15) is 0 Å². The molecule has 0 aliphatic rings. The predicted octanol–water partition coefficient (Wildman–Crippen LogP) is 9.07. The minimum absolute atomic E-state index is 0.473. The van der Waals surface area contributed by atoms with Gasteiger partial charge in [-0.2, -0.15) is 0 Å². The third-order valence-electron chi connectivity index (χ3n) is 6.82. The van der Waals surface area contributed by atoms with Crippen molar-refractivity contribution in [3.05, 3.63) is 169 Å². The summed E-state index contributed by atoms with van der Waals surface area (Å²) in [5, 5.41) is 11.4. The van der Waals surface area contributed by atoms with Gasteiger partial charge in [-0.25, -0.2) is 0 Å². The molecule has 2 nitrogen and oxygen atoms in total. The number of fused-ring (bicyclic) bond motifs is 1. The summed E-state index contributed by atoms with van der Waals surface area (Å²) in [6, 6.07) is 46.0. The van der Waals surface area contributed by atoms with Crippen LogP contribution in [0.15, 0.2) is 152 Å². The Bertz CT molecular complexity index is 1750. The average Bonchev–Trinajstić information content (AvgIpc) is 3.00. The summed E-state index contributed by atoms with van der Waals surface area (Å²) in [7, 11) is 0. The molecule has 0 saturated carbocycles. The molecule has 180 valence electrons. The summed E-state index contributed by atoms with van der Waals surface area (Å²) in [5.74, 6) is 0. The summed E-state index contributed by atoms with van der Waals surface area (Å²) < 4.78 is 0. The second-order valence-electron chi connectivity index (χ2n) is 9.30. The van der Waals surface area contributed by atoms with Gasteiger partial charge in [-0.15, -0.1) is 0 Å². The van der Waals surface area contributed by atoms with Crippen LogP contribution in [-0.2, 0) is 0 Å². The van der Waals surface area contributed by atoms with Crippen LogP contribution in [0.2, 0.25) is 0 Å². The number of aromatic nitrogens is 1. The van der Waals surface area contributed by atoms with E-state index < -0.39 is 0 Å². The molecule has 0 aliphatic heterocycles. The van der Waals surface area contributed by atoms with Gasteiger partial charge >= 0.3 is 0 Å². The molecule has 38 heavy (non-hydrogen) atoms. The molecule has 0 atom stereocenters. The first-order chi connectivity index (χ1) is 18.7. The molecule has 1 aromatic heterocycles. The van der Waals surface area contributed by atoms with Crippen LogP contribution >= 0.6 is 0 Å². The smallest absolute Gasteiger partial charge is 0.0618 e. The van der Waals surface area contributed by atoms with Crippen LogP contribution < -0.4 is 0 Å². The highest BCUT2D eigenvalue weighted by atomic mass is 14.6. The monoisotopic (exact) mass is 486 g/mol. The Hall–Kier alpha value is -5.08. The van der Waals surface area contributed by atoms with Crippen molar-refractivity contribution in [2.45, 2.75) is 0 Å². The zero-order valence-corrected chi connectivity index (χ0v) is 20.9. The molecule has 0 spiro atoms. The molecule has 2 heteroatoms. The molecule has 1 heterocycles. The second-order valence-corrected chi connectivity index (χ2v) is 9.30. The zero-order chi connectivity index (χ0) is 25.7. The number of rotatable bonds is 6. The van der Waals surface area contributed by atoms with Crippen LogP contribution in [0.1, 0.15) is 16.7 Å². The molecule has 0 radical (unpaired) electrons. The highest BCUT2D eigenvalue weighted by Crippen LogP contribution is 2.29. The Kier molecular flexibility index (Phi) is 6.44. The van der Waals surface area contributed by atoms with Crippen molar-refractivity contribution in [3.8, 4) is 22.3 Å². The minimum Gasteiger partial charge on any atom is -0.300 e. The number of nitrogens with zero attached hydrogens (tertiary/aromatic N) is 1. The molecule has 0 aliphatic carbocycles. The molecule has 1 N–H and O–H groups in total. The van der Waals surface area contributed by atoms with Crippen molar-refractivity contribution in [1.82, 2.24) is 4.98 Å². The Labute approximate surface area is 223 Å². The predicted molar refractivity (Wildman–Crippen MR) is 159 cm³/mol. The second kappa shape index (κ2) is 10.5. The minimum atomic E-state index is 0.473. The van der Waals surface area contributed by atoms with Crippen LogP contribution in [0.4, 0.5) is 0 Å². The van der Waals surface area contributed by atoms with E-state index >= 15 is 0 Å². The Morgan fingerprint density at radius 1 is 0.500 bits per heavy atom. The number of allylic oxidation sites excluding steroid dienone is 1. The van der Waals surface area contributed by atoms with Gasteiger partial charge in [0.15, 0.2) is 0 Å². The average molecular weight is 487 g/mol. The van der Waals surface area contributed by atoms with Gasteiger partial charge in [0.1, 0.15) is 0 Å². The van der Waals surface area contributed by atoms with Crippen LogP contribution in [0.3, 0.4) is 0 Å². The zero-order valence-electron chi connectivity index (χ0n) is 20.9. The third kappa shape index (κ3) is 4.93. The van der Waals surface area contributed by atoms with Crippen molar-refractivity contribution < 1.29 is 0 Å². The quantitative estimate of drug-likeness (QED) is 0.234. The van der Waals surface area contributed by atoms with Gasteiger partial charge < -0.3 is 5.41 Å². The van der Waals surface area contributed by atoms with Gasteiger partial charge in [0.2, 0.25) is 0 Å². The lowest BCUT2D eigenvalue weighted by molar-refractivity contribution is 1.33. The van der Waals surface area contributed by atoms with E-state index in [1.54, 1.807) is 6.20 Å². The summed E-state index contributed by atoms with van der Waals surface area (Å²) in [5.41, 5.74) is 9.00. The van der Waals surface area contributed by atoms with Gasteiger partial charge in [0.25, 0.3) is 0 Å². The summed E-state index contributed by atoms with van der Waals surface area (Å²) in [6.07, 6.45) is 5.64. The normalized spacial score (nSPS) is 11.4. The van der Waals surface area contributed by atoms with E-state index in [4.69, 9.17) is 5.41 Å². The molecule has 5 aromatic carbocycles. The first kappa shape index (κ1) is 23.3. The van der Waals surface area contributed by atoms with Crippen molar-refractivity contribution in [2.75, 3.05) is 0 Å². The van der Waals surface area contributed by atoms with Gasteiger partial charge in [0, 0.05) is 18.0 Å². The number of hydrogen-bond donors (Lipinski definition) is 1. The van der Waals surface area contributed by atoms with Gasteiger partial charge in [-0.1, -0.05) is 115 Å². The lowest BCUT2D eigenvalue weighted by atomic mass is 9.92. The first-order valence-corrected chi connectivity index (χ1v) is 12.7. The standard InChI is InChI=1S/C36H26N2/c37-36(29-18-15-27(16-19-29)32-20-17-26-8-4-5-11-30(26)22-32)24-35(28-9-2-1-3-10-28)33-13-6-12-31(23-33)34-14-7-21-38-25-34/h1-25,37H/b35-24+,37-36?. The van der Waals surface area contributed by atoms with Crippen LogP contribution in [-0.4, -0.2) is 10.7 Å². The van der Waals surface area contributed by atoms with Crippen LogP contribution in [0.25, 0.3) is 38.6 Å². The molecular formula is C36H26N2. The van der Waals surface area contributed by atoms with E-state index in [1.807, 2.05) is 48.7 Å². The highest BCUT2D eigenvalue weighted by molar-refractivity contribution is 6.12. The Balaban J connectivity index is 1.34. The summed E-state index contributed by atoms with van der Waals surface area (Å²) >= 11 is 0. The van der Waals surface area contributed by atoms with E-state index in [0.717, 1.165) is 39.0 Å². The van der Waals surface area contributed by atoms with Crippen molar-refractivity contribution in [2.24, 2.45) is 0 Å². The summed E-state index contributed by atoms with van der Waals surface area (Å²) in [6.45, 7) is 0. The Morgan fingerprint density at radius 3 is 1.97 bits per heavy atom. The van der Waals surface area contributed by atoms with Crippen LogP contribution in [0.5, 0.6) is 0 Å². The number of nitrogens with one attached hydrogen (secondary N) is 1. The fraction of sp³-hybridized carbons (Fsp3) is 0. The number of benzene rings is 5. The number of hydrogen-bond acceptors (Lipinski definition) is 2. The fourth-order valence-electron chi connectivity index (χ4n) is 4.79. The first-order valence-electron chi connectivity index (χ1n) is 12.7. The molecule has 0 fully saturated rings. The molecule has 6 rings (SSSR count). The van der Waals surface area contributed by atoms with Crippen molar-refractivity contribution >= 4 is 22.1 Å². The molecule has 6 aromatic rings. The lowest BCUT2D eigenvalue weighted by Gasteiger charge is -2.12. The fourth-order valence-corrected chi connectivity index (χ4v) is 4.79. The third-order valence-corrected chi connectivity index (χ3v) is 6.82. The largest absolute Gasteiger partial charge is 0.300 e. The lowest BCUT2D eigenvalue weighted by Crippen LogP contribution is -1.98. The topological polar surface area (TPSA) is 36.7 Å². The van der Waals surface area contributed by atoms with Crippen molar-refractivity contribution in [3.63, 3.8) is 0 Å². The van der Waals surface area contributed by atoms with Gasteiger partial charge in [-0.3, -0.25) is 4.98 Å². The summed E-state index contributed by atoms with van der Waals surface area (Å²) in [4.78, 5) is 4.28. The van der Waals surface area contributed by atoms with Gasteiger partial charge in [-0.05, 0) is 74.0 Å². The van der Waals surface area contributed by atoms with Gasteiger partial charge in [0.05, 0.1) is 5.71 Å². The van der Waals surface area contributed by atoms with Crippen LogP contribution in [0, 0.1) is 5.41 Å².